The van der Waals surface area contributed by atoms with E-state index < -0.39 is 36.8 Å². The van der Waals surface area contributed by atoms with E-state index in [0.717, 1.165) is 28.1 Å². The van der Waals surface area contributed by atoms with E-state index in [-0.39, 0.29) is 29.8 Å². The quantitative estimate of drug-likeness (QED) is 0.316. The maximum Gasteiger partial charge on any atom is 0.416 e. The number of rotatable bonds is 6. The summed E-state index contributed by atoms with van der Waals surface area (Å²) in [6.45, 7) is 2.45. The van der Waals surface area contributed by atoms with E-state index in [2.05, 4.69) is 5.10 Å². The average molecular weight is 566 g/mol. The van der Waals surface area contributed by atoms with E-state index in [4.69, 9.17) is 0 Å². The molecule has 0 spiro atoms. The molecule has 2 aromatic carbocycles. The van der Waals surface area contributed by atoms with Crippen LogP contribution in [-0.4, -0.2) is 45.8 Å². The summed E-state index contributed by atoms with van der Waals surface area (Å²) < 4.78 is 84.3. The van der Waals surface area contributed by atoms with E-state index in [1.165, 1.54) is 30.5 Å². The summed E-state index contributed by atoms with van der Waals surface area (Å²) in [5, 5.41) is 4.19. The molecule has 1 aromatic heterocycles. The second-order valence-electron chi connectivity index (χ2n) is 10.5. The Morgan fingerprint density at radius 1 is 1.00 bits per heavy atom. The number of fused-ring (bicyclic) bond motifs is 1. The minimum atomic E-state index is -4.64. The molecule has 1 saturated heterocycles. The topological polar surface area (TPSA) is 44.6 Å². The van der Waals surface area contributed by atoms with E-state index in [1.807, 2.05) is 17.9 Å². The van der Waals surface area contributed by atoms with Crippen LogP contribution in [0.25, 0.3) is 0 Å². The Hall–Kier alpha value is -3.70. The fourth-order valence-electron chi connectivity index (χ4n) is 5.61. The van der Waals surface area contributed by atoms with Gasteiger partial charge in [-0.1, -0.05) is 30.3 Å². The van der Waals surface area contributed by atoms with Gasteiger partial charge in [0.25, 0.3) is 5.92 Å². The lowest BCUT2D eigenvalue weighted by Gasteiger charge is -2.43. The van der Waals surface area contributed by atoms with Crippen molar-refractivity contribution in [3.63, 3.8) is 0 Å². The molecule has 0 bridgehead atoms. The molecule has 0 unspecified atom stereocenters. The van der Waals surface area contributed by atoms with Crippen LogP contribution in [0.2, 0.25) is 0 Å². The van der Waals surface area contributed by atoms with Crippen molar-refractivity contribution in [2.24, 2.45) is 0 Å². The predicted octanol–water partition coefficient (Wildman–Crippen LogP) is 6.62. The minimum absolute atomic E-state index is 0.0712. The third-order valence-electron chi connectivity index (χ3n) is 7.39. The summed E-state index contributed by atoms with van der Waals surface area (Å²) >= 11 is 0. The highest BCUT2D eigenvalue weighted by Gasteiger charge is 2.40. The fraction of sp³-hybridized carbons (Fsp3) is 0.429. The maximum atomic E-state index is 14.6. The van der Waals surface area contributed by atoms with Gasteiger partial charge in [0.05, 0.1) is 24.3 Å². The van der Waals surface area contributed by atoms with Crippen molar-refractivity contribution < 1.29 is 31.1 Å². The minimum Gasteiger partial charge on any atom is -0.369 e. The van der Waals surface area contributed by atoms with Crippen molar-refractivity contribution in [1.82, 2.24) is 14.7 Å². The van der Waals surface area contributed by atoms with Gasteiger partial charge >= 0.3 is 12.2 Å². The summed E-state index contributed by atoms with van der Waals surface area (Å²) in [6, 6.07) is 9.01. The summed E-state index contributed by atoms with van der Waals surface area (Å²) in [6.07, 6.45) is -2.21. The lowest BCUT2D eigenvalue weighted by molar-refractivity contribution is -0.138. The Kier molecular flexibility index (Phi) is 7.22. The van der Waals surface area contributed by atoms with Gasteiger partial charge in [0, 0.05) is 37.8 Å². The number of piperidine rings is 1. The molecular weight excluding hydrogens is 536 g/mol. The van der Waals surface area contributed by atoms with Gasteiger partial charge in [0.15, 0.2) is 5.82 Å². The number of aromatic nitrogens is 2. The molecule has 2 aliphatic rings. The zero-order valence-corrected chi connectivity index (χ0v) is 22.1. The molecule has 2 aliphatic heterocycles. The number of nitrogens with zero attached hydrogens (tertiary/aromatic N) is 5. The number of alkyl halides is 5. The number of hydrogen-bond acceptors (Lipinski definition) is 3. The molecule has 0 N–H and O–H groups in total. The van der Waals surface area contributed by atoms with Crippen LogP contribution in [0.1, 0.15) is 42.0 Å². The zero-order chi connectivity index (χ0) is 28.8. The van der Waals surface area contributed by atoms with Gasteiger partial charge in [-0.3, -0.25) is 9.58 Å². The molecule has 2 amide bonds. The van der Waals surface area contributed by atoms with Gasteiger partial charge in [-0.25, -0.2) is 18.0 Å². The summed E-state index contributed by atoms with van der Waals surface area (Å²) in [5.41, 5.74) is 0.777. The SMILES string of the molecule is Cc1cccc(F)c1N1CCC(N2Cc3cn(CC(C)(F)F)nc3N(Cc3ccccc3C(F)(F)F)C2=O)CC1. The van der Waals surface area contributed by atoms with Crippen molar-refractivity contribution in [3.8, 4) is 0 Å². The van der Waals surface area contributed by atoms with Crippen LogP contribution in [0, 0.1) is 12.7 Å². The number of anilines is 2. The lowest BCUT2D eigenvalue weighted by atomic mass is 10.00. The highest BCUT2D eigenvalue weighted by molar-refractivity contribution is 5.94. The third kappa shape index (κ3) is 5.62. The standard InChI is InChI=1S/C28H29F6N5O/c1-18-6-5-9-23(29)24(18)36-12-10-21(11-13-36)38-16-20-14-37(17-27(2,30)31)35-25(20)39(26(38)40)15-19-7-3-4-8-22(19)28(32,33)34/h3-9,14,21H,10-13,15-17H2,1-2H3. The molecule has 214 valence electrons. The van der Waals surface area contributed by atoms with Crippen LogP contribution in [0.5, 0.6) is 0 Å². The molecule has 6 nitrogen and oxygen atoms in total. The van der Waals surface area contributed by atoms with Gasteiger partial charge in [-0.05, 0) is 43.0 Å². The van der Waals surface area contributed by atoms with E-state index in [9.17, 15) is 31.1 Å². The lowest BCUT2D eigenvalue weighted by Crippen LogP contribution is -2.54. The molecule has 3 heterocycles. The summed E-state index contributed by atoms with van der Waals surface area (Å²) in [4.78, 5) is 18.4. The number of urea groups is 1. The summed E-state index contributed by atoms with van der Waals surface area (Å²) in [7, 11) is 0. The monoisotopic (exact) mass is 565 g/mol. The maximum absolute atomic E-state index is 14.6. The zero-order valence-electron chi connectivity index (χ0n) is 22.1. The molecule has 12 heteroatoms. The Bertz CT molecular complexity index is 1370. The first-order valence-corrected chi connectivity index (χ1v) is 13.0. The van der Waals surface area contributed by atoms with Gasteiger partial charge in [-0.15, -0.1) is 0 Å². The number of aryl methyl sites for hydroxylation is 1. The van der Waals surface area contributed by atoms with Crippen molar-refractivity contribution in [2.45, 2.75) is 64.5 Å². The van der Waals surface area contributed by atoms with Gasteiger partial charge in [0.1, 0.15) is 12.4 Å². The molecule has 0 saturated carbocycles. The molecular formula is C28H29F6N5O. The van der Waals surface area contributed by atoms with Gasteiger partial charge < -0.3 is 9.80 Å². The summed E-state index contributed by atoms with van der Waals surface area (Å²) in [5.74, 6) is -3.34. The Balaban J connectivity index is 1.44. The fourth-order valence-corrected chi connectivity index (χ4v) is 5.61. The highest BCUT2D eigenvalue weighted by atomic mass is 19.4. The second kappa shape index (κ2) is 10.4. The first kappa shape index (κ1) is 27.9. The molecule has 1 fully saturated rings. The second-order valence-corrected chi connectivity index (χ2v) is 10.5. The number of amides is 2. The van der Waals surface area contributed by atoms with Crippen molar-refractivity contribution in [1.29, 1.82) is 0 Å². The molecule has 0 radical (unpaired) electrons. The average Bonchev–Trinajstić information content (AvgIpc) is 3.26. The first-order chi connectivity index (χ1) is 18.8. The molecule has 3 aromatic rings. The smallest absolute Gasteiger partial charge is 0.369 e. The van der Waals surface area contributed by atoms with E-state index in [0.29, 0.717) is 37.2 Å². The van der Waals surface area contributed by atoms with Gasteiger partial charge in [0.2, 0.25) is 0 Å². The normalized spacial score (nSPS) is 17.0. The van der Waals surface area contributed by atoms with Crippen molar-refractivity contribution in [3.05, 3.63) is 76.7 Å². The van der Waals surface area contributed by atoms with E-state index in [1.54, 1.807) is 11.0 Å². The first-order valence-electron chi connectivity index (χ1n) is 13.0. The van der Waals surface area contributed by atoms with E-state index >= 15 is 0 Å². The van der Waals surface area contributed by atoms with Crippen LogP contribution < -0.4 is 9.80 Å². The Labute approximate surface area is 227 Å². The molecule has 0 atom stereocenters. The number of halogens is 6. The number of hydrogen-bond donors (Lipinski definition) is 0. The van der Waals surface area contributed by atoms with Crippen LogP contribution in [0.3, 0.4) is 0 Å². The molecule has 40 heavy (non-hydrogen) atoms. The third-order valence-corrected chi connectivity index (χ3v) is 7.39. The largest absolute Gasteiger partial charge is 0.416 e. The Morgan fingerprint density at radius 2 is 1.70 bits per heavy atom. The van der Waals surface area contributed by atoms with Crippen LogP contribution in [-0.2, 0) is 25.8 Å². The highest BCUT2D eigenvalue weighted by Crippen LogP contribution is 2.37. The van der Waals surface area contributed by atoms with Crippen LogP contribution in [0.4, 0.5) is 42.6 Å². The number of para-hydroxylation sites is 1. The predicted molar refractivity (Wildman–Crippen MR) is 138 cm³/mol. The van der Waals surface area contributed by atoms with Crippen molar-refractivity contribution in [2.75, 3.05) is 22.9 Å². The number of carbonyl (C=O) groups excluding carboxylic acids is 1. The van der Waals surface area contributed by atoms with Crippen molar-refractivity contribution >= 4 is 17.5 Å². The Morgan fingerprint density at radius 3 is 2.35 bits per heavy atom. The molecule has 5 rings (SSSR count). The number of carbonyl (C=O) groups is 1. The van der Waals surface area contributed by atoms with Crippen LogP contribution >= 0.6 is 0 Å². The van der Waals surface area contributed by atoms with Crippen LogP contribution in [0.15, 0.2) is 48.7 Å². The van der Waals surface area contributed by atoms with Gasteiger partial charge in [-0.2, -0.15) is 18.3 Å². The number of benzene rings is 2. The molecule has 0 aliphatic carbocycles.